The monoisotopic (exact) mass is 510 g/mol. The fourth-order valence-electron chi connectivity index (χ4n) is 4.59. The summed E-state index contributed by atoms with van der Waals surface area (Å²) in [7, 11) is 0. The summed E-state index contributed by atoms with van der Waals surface area (Å²) in [6, 6.07) is 19.8. The number of aryl methyl sites for hydroxylation is 2. The quantitative estimate of drug-likeness (QED) is 0.326. The molecule has 0 bridgehead atoms. The maximum Gasteiger partial charge on any atom is 0.226 e. The summed E-state index contributed by atoms with van der Waals surface area (Å²) in [6.45, 7) is 7.79. The lowest BCUT2D eigenvalue weighted by molar-refractivity contribution is -0.118. The van der Waals surface area contributed by atoms with E-state index in [4.69, 9.17) is 12.2 Å². The van der Waals surface area contributed by atoms with E-state index in [1.165, 1.54) is 0 Å². The van der Waals surface area contributed by atoms with Crippen LogP contribution in [0.25, 0.3) is 5.82 Å². The summed E-state index contributed by atoms with van der Waals surface area (Å²) in [5.41, 5.74) is 5.74. The largest absolute Gasteiger partial charge is 0.351 e. The van der Waals surface area contributed by atoms with E-state index in [1.807, 2.05) is 82.6 Å². The van der Waals surface area contributed by atoms with Gasteiger partial charge in [-0.15, -0.1) is 0 Å². The fourth-order valence-corrected chi connectivity index (χ4v) is 4.94. The number of anilines is 2. The molecule has 0 radical (unpaired) electrons. The number of hydrogen-bond donors (Lipinski definition) is 2. The van der Waals surface area contributed by atoms with Gasteiger partial charge in [-0.25, -0.2) is 4.98 Å². The molecule has 37 heavy (non-hydrogen) atoms. The Morgan fingerprint density at radius 1 is 1.05 bits per heavy atom. The number of rotatable bonds is 6. The second kappa shape index (κ2) is 10.1. The van der Waals surface area contributed by atoms with Crippen molar-refractivity contribution < 1.29 is 4.79 Å². The summed E-state index contributed by atoms with van der Waals surface area (Å²) in [5, 5.41) is 7.15. The van der Waals surface area contributed by atoms with Crippen LogP contribution in [0.4, 0.5) is 11.4 Å². The van der Waals surface area contributed by atoms with Crippen LogP contribution in [0.5, 0.6) is 0 Å². The van der Waals surface area contributed by atoms with Crippen LogP contribution in [0, 0.1) is 19.8 Å². The van der Waals surface area contributed by atoms with Crippen molar-refractivity contribution in [3.8, 4) is 5.82 Å². The zero-order valence-corrected chi connectivity index (χ0v) is 22.2. The summed E-state index contributed by atoms with van der Waals surface area (Å²) in [5.74, 6) is 0.734. The summed E-state index contributed by atoms with van der Waals surface area (Å²) in [6.07, 6.45) is 5.70. The Morgan fingerprint density at radius 3 is 2.57 bits per heavy atom. The Bertz CT molecular complexity index is 1430. The van der Waals surface area contributed by atoms with E-state index in [-0.39, 0.29) is 23.9 Å². The van der Waals surface area contributed by atoms with Crippen molar-refractivity contribution in [2.75, 3.05) is 10.2 Å². The first-order valence-corrected chi connectivity index (χ1v) is 12.8. The molecule has 1 aliphatic heterocycles. The standard InChI is InChI=1S/C29H30N6OS/c1-18(2)28(36)32-22-12-11-21(16-20(22)4)35-27(26(33-29(35)37)23-8-5-6-14-30-23)24-9-7-15-34(24)25-13-10-19(3)17-31-25/h5-18,26-27H,1-4H3,(H,32,36)(H,33,37)/t26-,27+/m0/s1. The maximum atomic E-state index is 12.3. The first-order chi connectivity index (χ1) is 17.8. The Kier molecular flexibility index (Phi) is 6.76. The number of carbonyl (C=O) groups is 1. The molecule has 3 aromatic heterocycles. The second-order valence-corrected chi connectivity index (χ2v) is 10.0. The number of aromatic nitrogens is 3. The van der Waals surface area contributed by atoms with E-state index in [0.717, 1.165) is 39.7 Å². The molecular weight excluding hydrogens is 480 g/mol. The first-order valence-electron chi connectivity index (χ1n) is 12.4. The molecule has 1 fully saturated rings. The van der Waals surface area contributed by atoms with Crippen molar-refractivity contribution >= 4 is 34.6 Å². The summed E-state index contributed by atoms with van der Waals surface area (Å²) < 4.78 is 2.10. The van der Waals surface area contributed by atoms with Crippen LogP contribution in [0.1, 0.15) is 48.4 Å². The van der Waals surface area contributed by atoms with Crippen LogP contribution in [0.15, 0.2) is 79.3 Å². The SMILES string of the molecule is Cc1ccc(-n2cccc2[C@@H]2[C@H](c3ccccn3)NC(=S)N2c2ccc(NC(=O)C(C)C)c(C)c2)nc1. The topological polar surface area (TPSA) is 75.1 Å². The zero-order valence-electron chi connectivity index (χ0n) is 21.3. The molecule has 188 valence electrons. The lowest BCUT2D eigenvalue weighted by Crippen LogP contribution is -2.30. The van der Waals surface area contributed by atoms with Gasteiger partial charge >= 0.3 is 0 Å². The number of hydrogen-bond acceptors (Lipinski definition) is 4. The second-order valence-electron chi connectivity index (χ2n) is 9.64. The molecule has 1 aliphatic rings. The first kappa shape index (κ1) is 24.6. The van der Waals surface area contributed by atoms with E-state index < -0.39 is 0 Å². The molecule has 1 aromatic carbocycles. The predicted octanol–water partition coefficient (Wildman–Crippen LogP) is 5.66. The van der Waals surface area contributed by atoms with Crippen LogP contribution in [0.2, 0.25) is 0 Å². The molecule has 4 heterocycles. The van der Waals surface area contributed by atoms with Crippen LogP contribution < -0.4 is 15.5 Å². The van der Waals surface area contributed by atoms with Crippen molar-refractivity contribution in [3.05, 3.63) is 102 Å². The lowest BCUT2D eigenvalue weighted by atomic mass is 10.0. The van der Waals surface area contributed by atoms with Gasteiger partial charge in [-0.05, 0) is 85.7 Å². The fraction of sp³-hybridized carbons (Fsp3) is 0.241. The van der Waals surface area contributed by atoms with Crippen molar-refractivity contribution in [2.24, 2.45) is 5.92 Å². The number of nitrogens with zero attached hydrogens (tertiary/aromatic N) is 4. The van der Waals surface area contributed by atoms with Gasteiger partial charge in [-0.1, -0.05) is 26.0 Å². The molecule has 8 heteroatoms. The minimum atomic E-state index is -0.184. The molecule has 2 atom stereocenters. The third-order valence-electron chi connectivity index (χ3n) is 6.59. The van der Waals surface area contributed by atoms with Gasteiger partial charge in [0.15, 0.2) is 5.11 Å². The average molecular weight is 511 g/mol. The molecule has 1 saturated heterocycles. The average Bonchev–Trinajstić information content (AvgIpc) is 3.50. The number of amides is 1. The van der Waals surface area contributed by atoms with Crippen molar-refractivity contribution in [2.45, 2.75) is 39.8 Å². The summed E-state index contributed by atoms with van der Waals surface area (Å²) >= 11 is 5.90. The Balaban J connectivity index is 1.59. The molecule has 5 rings (SSSR count). The van der Waals surface area contributed by atoms with Crippen LogP contribution in [-0.4, -0.2) is 25.6 Å². The molecule has 0 unspecified atom stereocenters. The predicted molar refractivity (Wildman–Crippen MR) is 151 cm³/mol. The molecule has 0 saturated carbocycles. The Hall–Kier alpha value is -4.04. The number of carbonyl (C=O) groups excluding carboxylic acids is 1. The third kappa shape index (κ3) is 4.84. The molecule has 1 amide bonds. The smallest absolute Gasteiger partial charge is 0.226 e. The Morgan fingerprint density at radius 2 is 1.89 bits per heavy atom. The van der Waals surface area contributed by atoms with Gasteiger partial charge in [0.1, 0.15) is 11.9 Å². The molecule has 7 nitrogen and oxygen atoms in total. The minimum Gasteiger partial charge on any atom is -0.351 e. The highest BCUT2D eigenvalue weighted by atomic mass is 32.1. The molecule has 2 N–H and O–H groups in total. The van der Waals surface area contributed by atoms with E-state index in [2.05, 4.69) is 48.3 Å². The maximum absolute atomic E-state index is 12.3. The number of thiocarbonyl (C=S) groups is 1. The molecule has 4 aromatic rings. The minimum absolute atomic E-state index is 0.00859. The van der Waals surface area contributed by atoms with E-state index in [1.54, 1.807) is 6.20 Å². The van der Waals surface area contributed by atoms with Gasteiger partial charge in [-0.2, -0.15) is 0 Å². The van der Waals surface area contributed by atoms with Crippen LogP contribution >= 0.6 is 12.2 Å². The highest BCUT2D eigenvalue weighted by Crippen LogP contribution is 2.42. The van der Waals surface area contributed by atoms with Crippen LogP contribution in [-0.2, 0) is 4.79 Å². The highest BCUT2D eigenvalue weighted by Gasteiger charge is 2.42. The van der Waals surface area contributed by atoms with Crippen molar-refractivity contribution in [1.82, 2.24) is 19.9 Å². The van der Waals surface area contributed by atoms with Crippen molar-refractivity contribution in [1.29, 1.82) is 0 Å². The summed E-state index contributed by atoms with van der Waals surface area (Å²) in [4.78, 5) is 23.8. The number of nitrogens with one attached hydrogen (secondary N) is 2. The van der Waals surface area contributed by atoms with E-state index in [9.17, 15) is 4.79 Å². The number of pyridine rings is 2. The van der Waals surface area contributed by atoms with Crippen molar-refractivity contribution in [3.63, 3.8) is 0 Å². The van der Waals surface area contributed by atoms with Gasteiger partial charge in [0.2, 0.25) is 5.91 Å². The van der Waals surface area contributed by atoms with E-state index in [0.29, 0.717) is 5.11 Å². The lowest BCUT2D eigenvalue weighted by Gasteiger charge is -2.29. The van der Waals surface area contributed by atoms with Gasteiger partial charge < -0.3 is 20.1 Å². The van der Waals surface area contributed by atoms with Gasteiger partial charge in [-0.3, -0.25) is 9.78 Å². The molecule has 0 aliphatic carbocycles. The zero-order chi connectivity index (χ0) is 26.1. The normalized spacial score (nSPS) is 17.2. The number of benzene rings is 1. The molecular formula is C29H30N6OS. The Labute approximate surface area is 222 Å². The highest BCUT2D eigenvalue weighted by molar-refractivity contribution is 7.80. The van der Waals surface area contributed by atoms with Crippen LogP contribution in [0.3, 0.4) is 0 Å². The van der Waals surface area contributed by atoms with Gasteiger partial charge in [0.25, 0.3) is 0 Å². The van der Waals surface area contributed by atoms with Gasteiger partial charge in [0.05, 0.1) is 11.7 Å². The van der Waals surface area contributed by atoms with E-state index >= 15 is 0 Å². The third-order valence-corrected chi connectivity index (χ3v) is 6.91. The van der Waals surface area contributed by atoms with Gasteiger partial charge in [0, 0.05) is 41.6 Å². The molecule has 0 spiro atoms.